The lowest BCUT2D eigenvalue weighted by Gasteiger charge is -2.09. The van der Waals surface area contributed by atoms with Crippen LogP contribution in [0.5, 0.6) is 11.5 Å². The number of carbonyl (C=O) groups is 3. The normalized spacial score (nSPS) is 11.7. The SMILES string of the molecule is CCOC(=O)c1c(-c2ccccc2)csc1NC(=O)COC(=O)c1ccc2c(c1)OCO2. The second-order valence-electron chi connectivity index (χ2n) is 6.63. The van der Waals surface area contributed by atoms with E-state index in [1.807, 2.05) is 30.3 Å². The van der Waals surface area contributed by atoms with E-state index in [0.29, 0.717) is 22.1 Å². The van der Waals surface area contributed by atoms with Crippen LogP contribution in [0.25, 0.3) is 11.1 Å². The zero-order valence-electron chi connectivity index (χ0n) is 17.1. The fourth-order valence-electron chi connectivity index (χ4n) is 3.09. The Hall–Kier alpha value is -3.85. The van der Waals surface area contributed by atoms with Crippen molar-refractivity contribution in [2.75, 3.05) is 25.3 Å². The minimum absolute atomic E-state index is 0.0881. The van der Waals surface area contributed by atoms with E-state index in [1.54, 1.807) is 18.4 Å². The molecule has 1 amide bonds. The first kappa shape index (κ1) is 21.4. The Labute approximate surface area is 187 Å². The summed E-state index contributed by atoms with van der Waals surface area (Å²) in [5.74, 6) is -0.820. The molecule has 2 heterocycles. The summed E-state index contributed by atoms with van der Waals surface area (Å²) in [5, 5.41) is 4.74. The van der Waals surface area contributed by atoms with Gasteiger partial charge < -0.3 is 24.3 Å². The highest BCUT2D eigenvalue weighted by Gasteiger charge is 2.23. The predicted molar refractivity (Wildman–Crippen MR) is 117 cm³/mol. The van der Waals surface area contributed by atoms with Crippen LogP contribution in [0.1, 0.15) is 27.6 Å². The van der Waals surface area contributed by atoms with Gasteiger partial charge >= 0.3 is 11.9 Å². The molecule has 0 bridgehead atoms. The minimum atomic E-state index is -0.680. The molecule has 0 saturated heterocycles. The summed E-state index contributed by atoms with van der Waals surface area (Å²) in [6.45, 7) is 1.47. The average molecular weight is 453 g/mol. The van der Waals surface area contributed by atoms with Gasteiger partial charge in [-0.2, -0.15) is 0 Å². The number of nitrogens with one attached hydrogen (secondary N) is 1. The molecule has 32 heavy (non-hydrogen) atoms. The van der Waals surface area contributed by atoms with Gasteiger partial charge in [0.05, 0.1) is 12.2 Å². The third-order valence-corrected chi connectivity index (χ3v) is 5.45. The number of hydrogen-bond donors (Lipinski definition) is 1. The summed E-state index contributed by atoms with van der Waals surface area (Å²) in [6, 6.07) is 13.9. The van der Waals surface area contributed by atoms with Gasteiger partial charge in [0.15, 0.2) is 18.1 Å². The third kappa shape index (κ3) is 4.57. The third-order valence-electron chi connectivity index (χ3n) is 4.55. The van der Waals surface area contributed by atoms with Crippen molar-refractivity contribution in [1.82, 2.24) is 0 Å². The summed E-state index contributed by atoms with van der Waals surface area (Å²) in [7, 11) is 0. The van der Waals surface area contributed by atoms with Crippen LogP contribution < -0.4 is 14.8 Å². The number of thiophene rings is 1. The van der Waals surface area contributed by atoms with E-state index in [9.17, 15) is 14.4 Å². The van der Waals surface area contributed by atoms with E-state index in [4.69, 9.17) is 18.9 Å². The molecule has 1 aliphatic rings. The standard InChI is InChI=1S/C23H19NO7S/c1-2-28-23(27)20-16(14-6-4-3-5-7-14)12-32-21(20)24-19(25)11-29-22(26)15-8-9-17-18(10-15)31-13-30-17/h3-10,12H,2,11,13H2,1H3,(H,24,25). The number of anilines is 1. The molecule has 4 rings (SSSR count). The number of fused-ring (bicyclic) bond motifs is 1. The van der Waals surface area contributed by atoms with Gasteiger partial charge in [0.2, 0.25) is 6.79 Å². The Balaban J connectivity index is 1.45. The van der Waals surface area contributed by atoms with Crippen LogP contribution in [0.15, 0.2) is 53.9 Å². The van der Waals surface area contributed by atoms with Gasteiger partial charge in [-0.15, -0.1) is 11.3 Å². The largest absolute Gasteiger partial charge is 0.462 e. The summed E-state index contributed by atoms with van der Waals surface area (Å²) < 4.78 is 20.7. The number of rotatable bonds is 7. The Kier molecular flexibility index (Phi) is 6.37. The molecule has 0 spiro atoms. The Morgan fingerprint density at radius 3 is 2.56 bits per heavy atom. The summed E-state index contributed by atoms with van der Waals surface area (Å²) in [4.78, 5) is 37.3. The first-order chi connectivity index (χ1) is 15.6. The number of carbonyl (C=O) groups excluding carboxylic acids is 3. The predicted octanol–water partition coefficient (Wildman–Crippen LogP) is 4.12. The fourth-order valence-corrected chi connectivity index (χ4v) is 4.06. The monoisotopic (exact) mass is 453 g/mol. The van der Waals surface area contributed by atoms with E-state index in [2.05, 4.69) is 5.32 Å². The average Bonchev–Trinajstić information content (AvgIpc) is 3.44. The van der Waals surface area contributed by atoms with Gasteiger partial charge in [-0.25, -0.2) is 9.59 Å². The van der Waals surface area contributed by atoms with E-state index < -0.39 is 24.5 Å². The van der Waals surface area contributed by atoms with Crippen molar-refractivity contribution < 1.29 is 33.3 Å². The molecule has 1 aliphatic heterocycles. The fraction of sp³-hybridized carbons (Fsp3) is 0.174. The molecule has 0 aliphatic carbocycles. The van der Waals surface area contributed by atoms with Gasteiger partial charge in [0.1, 0.15) is 10.6 Å². The van der Waals surface area contributed by atoms with Crippen LogP contribution in [-0.2, 0) is 14.3 Å². The van der Waals surface area contributed by atoms with Crippen LogP contribution in [0.4, 0.5) is 5.00 Å². The maximum atomic E-state index is 12.6. The summed E-state index contributed by atoms with van der Waals surface area (Å²) in [6.07, 6.45) is 0. The van der Waals surface area contributed by atoms with Gasteiger partial charge in [-0.05, 0) is 30.7 Å². The topological polar surface area (TPSA) is 100 Å². The number of esters is 2. The molecule has 9 heteroatoms. The first-order valence-corrected chi connectivity index (χ1v) is 10.7. The number of benzene rings is 2. The number of ether oxygens (including phenoxy) is 4. The van der Waals surface area contributed by atoms with Gasteiger partial charge in [0.25, 0.3) is 5.91 Å². The lowest BCUT2D eigenvalue weighted by Crippen LogP contribution is -2.21. The highest BCUT2D eigenvalue weighted by molar-refractivity contribution is 7.15. The molecule has 0 unspecified atom stereocenters. The molecular formula is C23H19NO7S. The van der Waals surface area contributed by atoms with Crippen LogP contribution in [0.2, 0.25) is 0 Å². The molecule has 0 atom stereocenters. The van der Waals surface area contributed by atoms with Crippen molar-refractivity contribution in [3.63, 3.8) is 0 Å². The molecule has 0 fully saturated rings. The van der Waals surface area contributed by atoms with Gasteiger partial charge in [-0.3, -0.25) is 4.79 Å². The molecule has 1 N–H and O–H groups in total. The molecule has 0 saturated carbocycles. The van der Waals surface area contributed by atoms with Gasteiger partial charge in [-0.1, -0.05) is 30.3 Å². The van der Waals surface area contributed by atoms with Crippen molar-refractivity contribution in [3.8, 4) is 22.6 Å². The Morgan fingerprint density at radius 1 is 1.00 bits per heavy atom. The van der Waals surface area contributed by atoms with Gasteiger partial charge in [0, 0.05) is 10.9 Å². The zero-order chi connectivity index (χ0) is 22.5. The van der Waals surface area contributed by atoms with Crippen LogP contribution in [-0.4, -0.2) is 37.9 Å². The minimum Gasteiger partial charge on any atom is -0.462 e. The Morgan fingerprint density at radius 2 is 1.78 bits per heavy atom. The lowest BCUT2D eigenvalue weighted by atomic mass is 10.0. The maximum Gasteiger partial charge on any atom is 0.341 e. The van der Waals surface area contributed by atoms with Crippen LogP contribution >= 0.6 is 11.3 Å². The Bertz CT molecular complexity index is 1160. The quantitative estimate of drug-likeness (QED) is 0.537. The van der Waals surface area contributed by atoms with E-state index in [0.717, 1.165) is 5.56 Å². The van der Waals surface area contributed by atoms with Crippen molar-refractivity contribution in [3.05, 3.63) is 65.0 Å². The van der Waals surface area contributed by atoms with Crippen molar-refractivity contribution in [2.45, 2.75) is 6.92 Å². The van der Waals surface area contributed by atoms with E-state index in [-0.39, 0.29) is 24.5 Å². The van der Waals surface area contributed by atoms with E-state index in [1.165, 1.54) is 23.5 Å². The molecule has 8 nitrogen and oxygen atoms in total. The first-order valence-electron chi connectivity index (χ1n) is 9.77. The van der Waals surface area contributed by atoms with Crippen molar-refractivity contribution in [2.24, 2.45) is 0 Å². The molecular weight excluding hydrogens is 434 g/mol. The number of amides is 1. The lowest BCUT2D eigenvalue weighted by molar-refractivity contribution is -0.119. The van der Waals surface area contributed by atoms with Crippen LogP contribution in [0, 0.1) is 0 Å². The zero-order valence-corrected chi connectivity index (χ0v) is 17.9. The summed E-state index contributed by atoms with van der Waals surface area (Å²) >= 11 is 1.19. The molecule has 164 valence electrons. The van der Waals surface area contributed by atoms with Crippen LogP contribution in [0.3, 0.4) is 0 Å². The molecule has 2 aromatic carbocycles. The smallest absolute Gasteiger partial charge is 0.341 e. The second-order valence-corrected chi connectivity index (χ2v) is 7.51. The second kappa shape index (κ2) is 9.52. The number of hydrogen-bond acceptors (Lipinski definition) is 8. The van der Waals surface area contributed by atoms with Crippen molar-refractivity contribution in [1.29, 1.82) is 0 Å². The van der Waals surface area contributed by atoms with E-state index >= 15 is 0 Å². The summed E-state index contributed by atoms with van der Waals surface area (Å²) in [5.41, 5.74) is 1.97. The maximum absolute atomic E-state index is 12.6. The molecule has 3 aromatic rings. The highest BCUT2D eigenvalue weighted by atomic mass is 32.1. The molecule has 0 radical (unpaired) electrons. The van der Waals surface area contributed by atoms with Crippen molar-refractivity contribution >= 4 is 34.2 Å². The molecule has 1 aromatic heterocycles. The highest BCUT2D eigenvalue weighted by Crippen LogP contribution is 2.36.